The highest BCUT2D eigenvalue weighted by Crippen LogP contribution is 2.66. The molecular weight excluding hydrogens is 486 g/mol. The summed E-state index contributed by atoms with van der Waals surface area (Å²) < 4.78 is 64.6. The molecule has 1 aromatic rings. The molecule has 1 aromatic heterocycles. The third kappa shape index (κ3) is 6.13. The molecule has 0 spiro atoms. The fourth-order valence-electron chi connectivity index (χ4n) is 2.22. The molecule has 1 saturated heterocycles. The summed E-state index contributed by atoms with van der Waals surface area (Å²) in [7, 11) is -17.2. The highest BCUT2D eigenvalue weighted by Gasteiger charge is 2.46. The van der Waals surface area contributed by atoms with Gasteiger partial charge in [-0.05, 0) is 0 Å². The Balaban J connectivity index is 2.32. The molecule has 0 aliphatic carbocycles. The molecule has 0 bridgehead atoms. The molecule has 2 heterocycles. The van der Waals surface area contributed by atoms with Gasteiger partial charge in [0.05, 0.1) is 12.8 Å². The second-order valence-electron chi connectivity index (χ2n) is 5.55. The minimum absolute atomic E-state index is 0.333. The van der Waals surface area contributed by atoms with Gasteiger partial charge in [0.15, 0.2) is 24.0 Å². The van der Waals surface area contributed by atoms with Crippen LogP contribution in [-0.2, 0) is 27.1 Å². The van der Waals surface area contributed by atoms with Crippen LogP contribution in [0.15, 0.2) is 11.0 Å². The van der Waals surface area contributed by atoms with Crippen LogP contribution < -0.4 is 15.9 Å². The zero-order valence-electron chi connectivity index (χ0n) is 14.2. The molecule has 8 N–H and O–H groups in total. The van der Waals surface area contributed by atoms with E-state index in [0.717, 1.165) is 0 Å². The van der Waals surface area contributed by atoms with E-state index in [-0.39, 0.29) is 0 Å². The number of halogens is 1. The SMILES string of the molecule is Nc1nc(=O)n([C@@H]2O[C@H](CO)[C@@H](O)[C@H]2F)cc1OP(=O)(O)OP(=O)(O)OP(=O)(O)O. The van der Waals surface area contributed by atoms with Crippen molar-refractivity contribution in [1.29, 1.82) is 0 Å². The molecule has 1 fully saturated rings. The van der Waals surface area contributed by atoms with Gasteiger partial charge in [-0.2, -0.15) is 13.6 Å². The molecule has 6 atom stereocenters. The lowest BCUT2D eigenvalue weighted by molar-refractivity contribution is -0.0492. The molecule has 1 aliphatic heterocycles. The Bertz CT molecular complexity index is 997. The number of rotatable bonds is 8. The number of hydrogen-bond donors (Lipinski definition) is 7. The van der Waals surface area contributed by atoms with E-state index < -0.39 is 71.9 Å². The van der Waals surface area contributed by atoms with Crippen LogP contribution in [-0.4, -0.2) is 64.3 Å². The molecule has 0 radical (unpaired) electrons. The average molecular weight is 501 g/mol. The van der Waals surface area contributed by atoms with E-state index in [4.69, 9.17) is 30.3 Å². The number of aliphatic hydroxyl groups excluding tert-OH is 2. The van der Waals surface area contributed by atoms with Crippen LogP contribution in [0.25, 0.3) is 0 Å². The van der Waals surface area contributed by atoms with Gasteiger partial charge in [-0.15, -0.1) is 0 Å². The van der Waals surface area contributed by atoms with Gasteiger partial charge in [0, 0.05) is 0 Å². The summed E-state index contributed by atoms with van der Waals surface area (Å²) in [5, 5.41) is 18.6. The van der Waals surface area contributed by atoms with Crippen LogP contribution in [0.4, 0.5) is 10.2 Å². The molecular formula is C9H15FN3O14P3. The summed E-state index contributed by atoms with van der Waals surface area (Å²) in [6.07, 6.45) is -6.92. The Hall–Kier alpha value is -1.26. The largest absolute Gasteiger partial charge is 0.536 e. The maximum absolute atomic E-state index is 14.2. The van der Waals surface area contributed by atoms with Crippen LogP contribution >= 0.6 is 23.5 Å². The molecule has 17 nitrogen and oxygen atoms in total. The number of hydrogen-bond acceptors (Lipinski definition) is 12. The Morgan fingerprint density at radius 3 is 2.30 bits per heavy atom. The number of phosphoric acid groups is 3. The number of aliphatic hydroxyl groups is 2. The Kier molecular flexibility index (Phi) is 7.25. The quantitative estimate of drug-likeness (QED) is 0.192. The zero-order valence-corrected chi connectivity index (χ0v) is 16.9. The predicted octanol–water partition coefficient (Wildman–Crippen LogP) is -1.88. The fourth-order valence-corrected chi connectivity index (χ4v) is 5.24. The maximum atomic E-state index is 14.2. The van der Waals surface area contributed by atoms with Gasteiger partial charge in [0.1, 0.15) is 12.2 Å². The minimum atomic E-state index is -5.84. The van der Waals surface area contributed by atoms with Gasteiger partial charge in [-0.25, -0.2) is 22.9 Å². The number of aromatic nitrogens is 2. The normalized spacial score (nSPS) is 28.6. The molecule has 21 heteroatoms. The summed E-state index contributed by atoms with van der Waals surface area (Å²) in [6, 6.07) is 0. The predicted molar refractivity (Wildman–Crippen MR) is 89.3 cm³/mol. The molecule has 0 saturated carbocycles. The van der Waals surface area contributed by atoms with E-state index in [1.54, 1.807) is 0 Å². The van der Waals surface area contributed by atoms with Gasteiger partial charge in [0.25, 0.3) is 0 Å². The standard InChI is InChI=1S/C9H15FN3O14P3/c10-5-6(15)4(2-14)24-8(5)13-1-3(7(11)12-9(13)16)25-29(20,21)27-30(22,23)26-28(17,18)19/h1,4-6,8,14-15H,2H2,(H,20,21)(H,22,23)(H2,11,12,16)(H2,17,18,19)/t4-,5-,6-,8-/m1/s1. The average Bonchev–Trinajstić information content (AvgIpc) is 2.81. The van der Waals surface area contributed by atoms with E-state index >= 15 is 0 Å². The van der Waals surface area contributed by atoms with Gasteiger partial charge in [0.2, 0.25) is 0 Å². The summed E-state index contributed by atoms with van der Waals surface area (Å²) in [5.74, 6) is -1.88. The highest BCUT2D eigenvalue weighted by molar-refractivity contribution is 7.66. The van der Waals surface area contributed by atoms with E-state index in [9.17, 15) is 32.9 Å². The van der Waals surface area contributed by atoms with Crippen LogP contribution in [0.1, 0.15) is 6.23 Å². The van der Waals surface area contributed by atoms with Crippen molar-refractivity contribution in [2.24, 2.45) is 0 Å². The Labute approximate surface area is 164 Å². The molecule has 0 aromatic carbocycles. The number of phosphoric ester groups is 1. The van der Waals surface area contributed by atoms with Crippen molar-refractivity contribution in [3.8, 4) is 5.75 Å². The van der Waals surface area contributed by atoms with Crippen LogP contribution in [0.5, 0.6) is 5.75 Å². The first-order valence-corrected chi connectivity index (χ1v) is 11.9. The number of nitrogens with two attached hydrogens (primary N) is 1. The van der Waals surface area contributed by atoms with Crippen LogP contribution in [0.2, 0.25) is 0 Å². The summed E-state index contributed by atoms with van der Waals surface area (Å²) >= 11 is 0. The summed E-state index contributed by atoms with van der Waals surface area (Å²) in [5.41, 5.74) is 4.06. The smallest absolute Gasteiger partial charge is 0.398 e. The third-order valence-electron chi connectivity index (χ3n) is 3.32. The van der Waals surface area contributed by atoms with E-state index in [1.165, 1.54) is 0 Å². The van der Waals surface area contributed by atoms with Crippen molar-refractivity contribution in [2.75, 3.05) is 12.3 Å². The van der Waals surface area contributed by atoms with Crippen LogP contribution in [0.3, 0.4) is 0 Å². The van der Waals surface area contributed by atoms with E-state index in [2.05, 4.69) is 18.1 Å². The van der Waals surface area contributed by atoms with Gasteiger partial charge in [-0.3, -0.25) is 9.46 Å². The van der Waals surface area contributed by atoms with Crippen molar-refractivity contribution in [2.45, 2.75) is 24.6 Å². The minimum Gasteiger partial charge on any atom is -0.398 e. The van der Waals surface area contributed by atoms with Crippen molar-refractivity contribution < 1.29 is 65.8 Å². The lowest BCUT2D eigenvalue weighted by atomic mass is 10.1. The first kappa shape index (κ1) is 25.0. The number of ether oxygens (including phenoxy) is 1. The summed E-state index contributed by atoms with van der Waals surface area (Å²) in [4.78, 5) is 50.7. The summed E-state index contributed by atoms with van der Waals surface area (Å²) in [6.45, 7) is -0.816. The van der Waals surface area contributed by atoms with Crippen molar-refractivity contribution in [1.82, 2.24) is 9.55 Å². The van der Waals surface area contributed by atoms with Gasteiger partial charge in [-0.1, -0.05) is 0 Å². The van der Waals surface area contributed by atoms with Gasteiger partial charge >= 0.3 is 29.2 Å². The highest BCUT2D eigenvalue weighted by atomic mass is 31.3. The van der Waals surface area contributed by atoms with Crippen molar-refractivity contribution in [3.63, 3.8) is 0 Å². The first-order chi connectivity index (χ1) is 13.6. The molecule has 2 unspecified atom stereocenters. The van der Waals surface area contributed by atoms with Crippen molar-refractivity contribution >= 4 is 29.3 Å². The Morgan fingerprint density at radius 2 is 1.80 bits per heavy atom. The lowest BCUT2D eigenvalue weighted by Crippen LogP contribution is -2.33. The number of nitrogens with zero attached hydrogens (tertiary/aromatic N) is 2. The second-order valence-corrected chi connectivity index (χ2v) is 9.89. The topological polar surface area (TPSA) is 270 Å². The monoisotopic (exact) mass is 501 g/mol. The first-order valence-electron chi connectivity index (χ1n) is 7.36. The fraction of sp³-hybridized carbons (Fsp3) is 0.556. The zero-order chi connectivity index (χ0) is 23.1. The molecule has 30 heavy (non-hydrogen) atoms. The van der Waals surface area contributed by atoms with E-state index in [0.29, 0.717) is 10.8 Å². The molecule has 172 valence electrons. The second kappa shape index (κ2) is 8.70. The molecule has 2 rings (SSSR count). The molecule has 0 amide bonds. The van der Waals surface area contributed by atoms with Crippen LogP contribution in [0, 0.1) is 0 Å². The lowest BCUT2D eigenvalue weighted by Gasteiger charge is -2.19. The van der Waals surface area contributed by atoms with E-state index in [1.807, 2.05) is 0 Å². The number of anilines is 1. The van der Waals surface area contributed by atoms with Gasteiger partial charge < -0.3 is 39.9 Å². The molecule has 1 aliphatic rings. The van der Waals surface area contributed by atoms with Crippen molar-refractivity contribution in [3.05, 3.63) is 16.7 Å². The third-order valence-corrected chi connectivity index (χ3v) is 7.08. The maximum Gasteiger partial charge on any atom is 0.536 e. The Morgan fingerprint density at radius 1 is 1.20 bits per heavy atom. The number of nitrogen functional groups attached to an aromatic ring is 1. The number of alkyl halides is 1.